The highest BCUT2D eigenvalue weighted by molar-refractivity contribution is 5.94. The maximum Gasteiger partial charge on any atom is 0.354 e. The first kappa shape index (κ1) is 20.3. The van der Waals surface area contributed by atoms with Crippen LogP contribution in [0.4, 0.5) is 10.5 Å². The Hall–Kier alpha value is -3.42. The number of anilines is 1. The van der Waals surface area contributed by atoms with Gasteiger partial charge in [-0.2, -0.15) is 0 Å². The first-order valence-corrected chi connectivity index (χ1v) is 9.53. The molecule has 29 heavy (non-hydrogen) atoms. The van der Waals surface area contributed by atoms with Crippen LogP contribution in [0.5, 0.6) is 0 Å². The Balaban J connectivity index is 1.53. The molecule has 8 nitrogen and oxygen atoms in total. The third-order valence-corrected chi connectivity index (χ3v) is 4.85. The van der Waals surface area contributed by atoms with E-state index in [1.807, 2.05) is 31.2 Å². The van der Waals surface area contributed by atoms with E-state index in [1.54, 1.807) is 4.90 Å². The number of carboxylic acids is 1. The van der Waals surface area contributed by atoms with Crippen molar-refractivity contribution in [2.24, 2.45) is 5.92 Å². The summed E-state index contributed by atoms with van der Waals surface area (Å²) in [6.07, 6.45) is 1.72. The molecule has 152 valence electrons. The topological polar surface area (TPSA) is 112 Å². The molecule has 1 aliphatic heterocycles. The zero-order valence-corrected chi connectivity index (χ0v) is 16.2. The van der Waals surface area contributed by atoms with Crippen molar-refractivity contribution in [1.82, 2.24) is 15.2 Å². The van der Waals surface area contributed by atoms with Gasteiger partial charge in [0.2, 0.25) is 0 Å². The lowest BCUT2D eigenvalue weighted by molar-refractivity contribution is 0.0667. The van der Waals surface area contributed by atoms with Gasteiger partial charge < -0.3 is 20.6 Å². The van der Waals surface area contributed by atoms with Crippen LogP contribution in [0.2, 0.25) is 0 Å². The number of carboxylic acid groups (broad SMARTS) is 1. The summed E-state index contributed by atoms with van der Waals surface area (Å²) in [4.78, 5) is 41.5. The molecule has 3 N–H and O–H groups in total. The van der Waals surface area contributed by atoms with E-state index >= 15 is 0 Å². The molecule has 8 heteroatoms. The van der Waals surface area contributed by atoms with Crippen LogP contribution >= 0.6 is 0 Å². The van der Waals surface area contributed by atoms with E-state index in [1.165, 1.54) is 18.2 Å². The molecule has 1 unspecified atom stereocenters. The van der Waals surface area contributed by atoms with Crippen molar-refractivity contribution in [2.45, 2.75) is 19.8 Å². The van der Waals surface area contributed by atoms with Crippen LogP contribution in [0.25, 0.3) is 0 Å². The van der Waals surface area contributed by atoms with Crippen LogP contribution in [0.15, 0.2) is 42.5 Å². The molecule has 0 aliphatic carbocycles. The fourth-order valence-electron chi connectivity index (χ4n) is 3.30. The summed E-state index contributed by atoms with van der Waals surface area (Å²) < 4.78 is 0. The number of pyridine rings is 1. The molecule has 1 fully saturated rings. The molecule has 1 atom stereocenters. The highest BCUT2D eigenvalue weighted by Crippen LogP contribution is 2.18. The van der Waals surface area contributed by atoms with Gasteiger partial charge >= 0.3 is 12.0 Å². The summed E-state index contributed by atoms with van der Waals surface area (Å²) in [5.74, 6) is -1.33. The third-order valence-electron chi connectivity index (χ3n) is 4.85. The van der Waals surface area contributed by atoms with Crippen LogP contribution in [0.3, 0.4) is 0 Å². The number of nitrogens with one attached hydrogen (secondary N) is 2. The van der Waals surface area contributed by atoms with E-state index < -0.39 is 5.97 Å². The molecule has 2 heterocycles. The maximum atomic E-state index is 12.7. The standard InChI is InChI=1S/C21H24N4O4/c1-14-7-9-16(10-8-14)23-21(29)22-12-15-4-3-11-25(13-15)19(26)17-5-2-6-18(24-17)20(27)28/h2,5-10,15H,3-4,11-13H2,1H3,(H,27,28)(H2,22,23,29). The maximum absolute atomic E-state index is 12.7. The lowest BCUT2D eigenvalue weighted by Crippen LogP contribution is -2.44. The van der Waals surface area contributed by atoms with Gasteiger partial charge in [0.1, 0.15) is 11.4 Å². The van der Waals surface area contributed by atoms with E-state index in [4.69, 9.17) is 5.11 Å². The van der Waals surface area contributed by atoms with Crippen LogP contribution in [-0.4, -0.2) is 52.5 Å². The van der Waals surface area contributed by atoms with Crippen molar-refractivity contribution in [2.75, 3.05) is 25.0 Å². The van der Waals surface area contributed by atoms with E-state index in [9.17, 15) is 14.4 Å². The number of hydrogen-bond donors (Lipinski definition) is 3. The molecule has 3 amide bonds. The second-order valence-electron chi connectivity index (χ2n) is 7.17. The zero-order chi connectivity index (χ0) is 20.8. The molecule has 1 aliphatic rings. The Morgan fingerprint density at radius 1 is 1.14 bits per heavy atom. The van der Waals surface area contributed by atoms with Gasteiger partial charge in [0.05, 0.1) is 0 Å². The Bertz CT molecular complexity index is 898. The Morgan fingerprint density at radius 3 is 2.59 bits per heavy atom. The predicted octanol–water partition coefficient (Wildman–Crippen LogP) is 2.76. The number of aryl methyl sites for hydroxylation is 1. The molecule has 3 rings (SSSR count). The lowest BCUT2D eigenvalue weighted by atomic mass is 9.97. The van der Waals surface area contributed by atoms with Gasteiger partial charge in [-0.3, -0.25) is 4.79 Å². The lowest BCUT2D eigenvalue weighted by Gasteiger charge is -2.32. The number of amides is 3. The summed E-state index contributed by atoms with van der Waals surface area (Å²) >= 11 is 0. The van der Waals surface area contributed by atoms with Crippen molar-refractivity contribution < 1.29 is 19.5 Å². The molecule has 0 spiro atoms. The molecule has 0 radical (unpaired) electrons. The van der Waals surface area contributed by atoms with Crippen molar-refractivity contribution in [3.05, 3.63) is 59.4 Å². The number of nitrogens with zero attached hydrogens (tertiary/aromatic N) is 2. The van der Waals surface area contributed by atoms with E-state index in [0.717, 1.165) is 24.1 Å². The van der Waals surface area contributed by atoms with Crippen molar-refractivity contribution in [3.63, 3.8) is 0 Å². The molecule has 2 aromatic rings. The van der Waals surface area contributed by atoms with Crippen LogP contribution in [0.1, 0.15) is 39.4 Å². The van der Waals surface area contributed by atoms with Gasteiger partial charge in [0.25, 0.3) is 5.91 Å². The van der Waals surface area contributed by atoms with Gasteiger partial charge in [-0.1, -0.05) is 23.8 Å². The average molecular weight is 396 g/mol. The number of piperidine rings is 1. The van der Waals surface area contributed by atoms with E-state index in [2.05, 4.69) is 15.6 Å². The van der Waals surface area contributed by atoms with Crippen LogP contribution in [-0.2, 0) is 0 Å². The number of hydrogen-bond acceptors (Lipinski definition) is 4. The fraction of sp³-hybridized carbons (Fsp3) is 0.333. The van der Waals surface area contributed by atoms with E-state index in [0.29, 0.717) is 19.6 Å². The Labute approximate surface area is 168 Å². The highest BCUT2D eigenvalue weighted by Gasteiger charge is 2.26. The molecule has 0 bridgehead atoms. The molecule has 1 aromatic heterocycles. The summed E-state index contributed by atoms with van der Waals surface area (Å²) in [6, 6.07) is 11.6. The number of benzene rings is 1. The molecule has 1 saturated heterocycles. The molecule has 1 aromatic carbocycles. The minimum atomic E-state index is -1.17. The normalized spacial score (nSPS) is 16.2. The first-order valence-electron chi connectivity index (χ1n) is 9.53. The number of aromatic carboxylic acids is 1. The SMILES string of the molecule is Cc1ccc(NC(=O)NCC2CCCN(C(=O)c3cccc(C(=O)O)n3)C2)cc1. The van der Waals surface area contributed by atoms with Gasteiger partial charge in [-0.05, 0) is 49.9 Å². The van der Waals surface area contributed by atoms with Gasteiger partial charge in [-0.25, -0.2) is 14.6 Å². The van der Waals surface area contributed by atoms with Crippen LogP contribution < -0.4 is 10.6 Å². The molecule has 0 saturated carbocycles. The summed E-state index contributed by atoms with van der Waals surface area (Å²) in [5.41, 5.74) is 1.80. The third kappa shape index (κ3) is 5.54. The molecular formula is C21H24N4O4. The Morgan fingerprint density at radius 2 is 1.86 bits per heavy atom. The number of likely N-dealkylation sites (tertiary alicyclic amines) is 1. The quantitative estimate of drug-likeness (QED) is 0.720. The van der Waals surface area contributed by atoms with Gasteiger partial charge in [-0.15, -0.1) is 0 Å². The number of carbonyl (C=O) groups is 3. The van der Waals surface area contributed by atoms with Crippen molar-refractivity contribution in [3.8, 4) is 0 Å². The second kappa shape index (κ2) is 9.18. The van der Waals surface area contributed by atoms with Crippen LogP contribution in [0, 0.1) is 12.8 Å². The van der Waals surface area contributed by atoms with Gasteiger partial charge in [0, 0.05) is 25.3 Å². The number of aromatic nitrogens is 1. The zero-order valence-electron chi connectivity index (χ0n) is 16.2. The fourth-order valence-corrected chi connectivity index (χ4v) is 3.30. The summed E-state index contributed by atoms with van der Waals surface area (Å²) in [7, 11) is 0. The monoisotopic (exact) mass is 396 g/mol. The van der Waals surface area contributed by atoms with Crippen molar-refractivity contribution >= 4 is 23.6 Å². The number of carbonyl (C=O) groups excluding carboxylic acids is 2. The molecular weight excluding hydrogens is 372 g/mol. The van der Waals surface area contributed by atoms with E-state index in [-0.39, 0.29) is 29.2 Å². The van der Waals surface area contributed by atoms with Gasteiger partial charge in [0.15, 0.2) is 0 Å². The predicted molar refractivity (Wildman–Crippen MR) is 108 cm³/mol. The summed E-state index contributed by atoms with van der Waals surface area (Å²) in [6.45, 7) is 3.50. The number of urea groups is 1. The number of rotatable bonds is 5. The average Bonchev–Trinajstić information content (AvgIpc) is 2.73. The largest absolute Gasteiger partial charge is 0.477 e. The first-order chi connectivity index (χ1) is 13.9. The smallest absolute Gasteiger partial charge is 0.354 e. The van der Waals surface area contributed by atoms with Crippen molar-refractivity contribution in [1.29, 1.82) is 0 Å². The second-order valence-corrected chi connectivity index (χ2v) is 7.17. The minimum absolute atomic E-state index is 0.121. The summed E-state index contributed by atoms with van der Waals surface area (Å²) in [5, 5.41) is 14.7. The Kier molecular flexibility index (Phi) is 6.43. The highest BCUT2D eigenvalue weighted by atomic mass is 16.4. The minimum Gasteiger partial charge on any atom is -0.477 e.